The number of H-pyrrole nitrogens is 1. The van der Waals surface area contributed by atoms with Gasteiger partial charge >= 0.3 is 0 Å². The summed E-state index contributed by atoms with van der Waals surface area (Å²) >= 11 is 1.05. The molecule has 2 atom stereocenters. The molecule has 10 heteroatoms. The lowest BCUT2D eigenvalue weighted by Gasteiger charge is -2.34. The minimum absolute atomic E-state index is 0.181. The summed E-state index contributed by atoms with van der Waals surface area (Å²) in [6.07, 6.45) is 1.40. The maximum absolute atomic E-state index is 11.8. The summed E-state index contributed by atoms with van der Waals surface area (Å²) in [6, 6.07) is 16.9. The molecule has 5 rings (SSSR count). The second kappa shape index (κ2) is 10.7. The number of pyridine rings is 1. The van der Waals surface area contributed by atoms with Crippen molar-refractivity contribution in [1.82, 2.24) is 15.6 Å². The van der Waals surface area contributed by atoms with Gasteiger partial charge in [-0.3, -0.25) is 19.7 Å². The molecule has 1 unspecified atom stereocenters. The average Bonchev–Trinajstić information content (AvgIpc) is 3.19. The number of benzene rings is 2. The van der Waals surface area contributed by atoms with Crippen molar-refractivity contribution in [1.29, 1.82) is 0 Å². The number of nitrogens with zero attached hydrogens (tertiary/aromatic N) is 1. The Hall–Kier alpha value is -3.34. The number of carbonyl (C=O) groups is 2. The van der Waals surface area contributed by atoms with Gasteiger partial charge in [-0.05, 0) is 55.2 Å². The molecule has 9 nitrogen and oxygen atoms in total. The van der Waals surface area contributed by atoms with E-state index in [9.17, 15) is 19.5 Å². The molecule has 0 aliphatic carbocycles. The van der Waals surface area contributed by atoms with E-state index in [2.05, 4.69) is 32.7 Å². The molecule has 2 amide bonds. The Morgan fingerprint density at radius 1 is 1.06 bits per heavy atom. The summed E-state index contributed by atoms with van der Waals surface area (Å²) in [6.45, 7) is 2.08. The second-order valence-electron chi connectivity index (χ2n) is 9.04. The first kappa shape index (κ1) is 24.4. The van der Waals surface area contributed by atoms with Crippen LogP contribution in [0.15, 0.2) is 59.4 Å². The summed E-state index contributed by atoms with van der Waals surface area (Å²) < 4.78 is 5.74. The zero-order valence-corrected chi connectivity index (χ0v) is 20.4. The van der Waals surface area contributed by atoms with E-state index < -0.39 is 6.29 Å². The van der Waals surface area contributed by atoms with Crippen molar-refractivity contribution >= 4 is 39.5 Å². The number of rotatable bonds is 8. The van der Waals surface area contributed by atoms with Gasteiger partial charge in [-0.1, -0.05) is 30.0 Å². The number of nitrogens with one attached hydrogen (secondary N) is 3. The second-order valence-corrected chi connectivity index (χ2v) is 10.2. The fraction of sp³-hybridized carbons (Fsp3) is 0.346. The van der Waals surface area contributed by atoms with E-state index in [-0.39, 0.29) is 28.0 Å². The highest BCUT2D eigenvalue weighted by Gasteiger charge is 2.31. The normalized spacial score (nSPS) is 19.5. The van der Waals surface area contributed by atoms with E-state index in [1.165, 1.54) is 6.07 Å². The number of carbonyl (C=O) groups excluding carboxylic acids is 2. The lowest BCUT2D eigenvalue weighted by Crippen LogP contribution is -2.45. The predicted octanol–water partition coefficient (Wildman–Crippen LogP) is 2.38. The van der Waals surface area contributed by atoms with Crippen LogP contribution in [0.1, 0.15) is 18.4 Å². The molecule has 2 fully saturated rings. The maximum Gasteiger partial charge on any atom is 0.286 e. The molecule has 3 aromatic rings. The molecule has 2 aliphatic rings. The lowest BCUT2D eigenvalue weighted by molar-refractivity contribution is -0.118. The van der Waals surface area contributed by atoms with Gasteiger partial charge in [0.1, 0.15) is 5.75 Å². The number of hydrogen-bond donors (Lipinski definition) is 4. The maximum atomic E-state index is 11.8. The van der Waals surface area contributed by atoms with Gasteiger partial charge in [0.2, 0.25) is 17.8 Å². The van der Waals surface area contributed by atoms with E-state index in [4.69, 9.17) is 4.74 Å². The van der Waals surface area contributed by atoms with Gasteiger partial charge in [-0.15, -0.1) is 0 Å². The molecule has 4 N–H and O–H groups in total. The van der Waals surface area contributed by atoms with Gasteiger partial charge in [-0.2, -0.15) is 0 Å². The summed E-state index contributed by atoms with van der Waals surface area (Å²) in [5.41, 5.74) is 2.65. The number of piperidine rings is 1. The van der Waals surface area contributed by atoms with Crippen molar-refractivity contribution < 1.29 is 19.4 Å². The number of aliphatic hydroxyl groups is 1. The van der Waals surface area contributed by atoms with Crippen LogP contribution >= 0.6 is 11.8 Å². The van der Waals surface area contributed by atoms with E-state index >= 15 is 0 Å². The predicted molar refractivity (Wildman–Crippen MR) is 140 cm³/mol. The van der Waals surface area contributed by atoms with E-state index in [0.29, 0.717) is 24.2 Å². The molecule has 3 heterocycles. The van der Waals surface area contributed by atoms with Crippen molar-refractivity contribution in [3.63, 3.8) is 0 Å². The monoisotopic (exact) mass is 508 g/mol. The molecule has 0 bridgehead atoms. The Labute approximate surface area is 212 Å². The van der Waals surface area contributed by atoms with Gasteiger partial charge < -0.3 is 25.0 Å². The van der Waals surface area contributed by atoms with Gasteiger partial charge in [0.05, 0.1) is 17.3 Å². The third-order valence-corrected chi connectivity index (χ3v) is 7.54. The minimum atomic E-state index is -1.01. The third kappa shape index (κ3) is 5.72. The van der Waals surface area contributed by atoms with Crippen molar-refractivity contribution in [2.45, 2.75) is 36.8 Å². The molecule has 188 valence electrons. The standard InChI is InChI=1S/C26H28N4O5S/c31-23-9-8-19-20(28-23)2-1-3-21(19)35-24(32)15-27-17-10-12-30(13-11-17)18-6-4-16(5-7-18)14-22-25(33)29-26(34)36-22/h1-9,17,22,24,27,32H,10-15H2,(H,28,31)(H,29,33,34)/t22?,24-/m1/s1. The van der Waals surface area contributed by atoms with Crippen LogP contribution < -0.4 is 25.8 Å². The van der Waals surface area contributed by atoms with Crippen LogP contribution in [-0.4, -0.2) is 58.5 Å². The Kier molecular flexibility index (Phi) is 7.26. The van der Waals surface area contributed by atoms with E-state index in [0.717, 1.165) is 54.3 Å². The number of amides is 2. The topological polar surface area (TPSA) is 124 Å². The molecule has 2 aliphatic heterocycles. The summed E-state index contributed by atoms with van der Waals surface area (Å²) in [5.74, 6) is 0.308. The smallest absolute Gasteiger partial charge is 0.286 e. The number of imide groups is 1. The largest absolute Gasteiger partial charge is 0.463 e. The minimum Gasteiger partial charge on any atom is -0.463 e. The molecule has 1 aromatic heterocycles. The molecular weight excluding hydrogens is 480 g/mol. The average molecular weight is 509 g/mol. The highest BCUT2D eigenvalue weighted by Crippen LogP contribution is 2.26. The number of fused-ring (bicyclic) bond motifs is 1. The molecular formula is C26H28N4O5S. The quantitative estimate of drug-likeness (QED) is 0.342. The van der Waals surface area contributed by atoms with Crippen molar-refractivity contribution in [2.75, 3.05) is 24.5 Å². The van der Waals surface area contributed by atoms with Gasteiger partial charge in [-0.25, -0.2) is 0 Å². The van der Waals surface area contributed by atoms with Crippen LogP contribution in [-0.2, 0) is 11.2 Å². The first-order valence-electron chi connectivity index (χ1n) is 12.0. The summed E-state index contributed by atoms with van der Waals surface area (Å²) in [4.78, 5) is 39.7. The van der Waals surface area contributed by atoms with Gasteiger partial charge in [0, 0.05) is 36.3 Å². The molecule has 2 aromatic carbocycles. The summed E-state index contributed by atoms with van der Waals surface area (Å²) in [7, 11) is 0. The van der Waals surface area contributed by atoms with Crippen molar-refractivity contribution in [3.05, 3.63) is 70.5 Å². The number of ether oxygens (including phenoxy) is 1. The molecule has 36 heavy (non-hydrogen) atoms. The van der Waals surface area contributed by atoms with E-state index in [1.807, 2.05) is 12.1 Å². The number of aromatic nitrogens is 1. The Balaban J connectivity index is 1.08. The zero-order valence-electron chi connectivity index (χ0n) is 19.6. The fourth-order valence-corrected chi connectivity index (χ4v) is 5.50. The van der Waals surface area contributed by atoms with Crippen LogP contribution in [0.25, 0.3) is 10.9 Å². The number of anilines is 1. The van der Waals surface area contributed by atoms with Crippen LogP contribution in [0, 0.1) is 0 Å². The first-order chi connectivity index (χ1) is 17.4. The van der Waals surface area contributed by atoms with Crippen LogP contribution in [0.2, 0.25) is 0 Å². The van der Waals surface area contributed by atoms with Crippen molar-refractivity contribution in [3.8, 4) is 5.75 Å². The molecule has 0 saturated carbocycles. The number of hydrogen-bond acceptors (Lipinski definition) is 8. The Bertz CT molecular complexity index is 1300. The van der Waals surface area contributed by atoms with E-state index in [1.54, 1.807) is 24.3 Å². The van der Waals surface area contributed by atoms with Crippen molar-refractivity contribution in [2.24, 2.45) is 0 Å². The van der Waals surface area contributed by atoms with Crippen LogP contribution in [0.5, 0.6) is 5.75 Å². The number of aliphatic hydroxyl groups excluding tert-OH is 1. The molecule has 2 saturated heterocycles. The van der Waals surface area contributed by atoms with Crippen LogP contribution in [0.3, 0.4) is 0 Å². The third-order valence-electron chi connectivity index (χ3n) is 6.55. The molecule has 0 radical (unpaired) electrons. The zero-order chi connectivity index (χ0) is 25.1. The Morgan fingerprint density at radius 2 is 1.83 bits per heavy atom. The number of thioether (sulfide) groups is 1. The Morgan fingerprint density at radius 3 is 2.56 bits per heavy atom. The number of aromatic amines is 1. The lowest BCUT2D eigenvalue weighted by atomic mass is 10.0. The molecule has 0 spiro atoms. The van der Waals surface area contributed by atoms with Crippen LogP contribution in [0.4, 0.5) is 10.5 Å². The highest BCUT2D eigenvalue weighted by atomic mass is 32.2. The summed E-state index contributed by atoms with van der Waals surface area (Å²) in [5, 5.41) is 16.3. The van der Waals surface area contributed by atoms with Gasteiger partial charge in [0.25, 0.3) is 5.24 Å². The van der Waals surface area contributed by atoms with Gasteiger partial charge in [0.15, 0.2) is 0 Å². The first-order valence-corrected chi connectivity index (χ1v) is 12.9. The highest BCUT2D eigenvalue weighted by molar-refractivity contribution is 8.15. The fourth-order valence-electron chi connectivity index (χ4n) is 4.64. The SMILES string of the molecule is O=C1NC(=O)C(Cc2ccc(N3CCC(NC[C@H](O)Oc4cccc5[nH]c(=O)ccc45)CC3)cc2)S1.